The SMILES string of the molecule is N=C(N)NCCC[C@H](NC(=O)[C@H](Cc1ccccc1)NC(=O)[C@H](CCCNC(=N)N)NC(=O)[C@H](Cc1ccccc1)NC(=O)[C@H](CCCNC(=N)N)NC(=O)[C@H](Cc1ccccc1)NC(=O)[C@H](CCCNC(=N)N)NC(=O)[C@H](CCCNC(=N)N)NC(=O)[C@H](CCCNC(=N)N)NC(=O)[C@H](Cc1ccccc1)NC(=O)[C@H](CCCNC(=N)N)NC(=O)[C@H](Cc1ccccc1)NC(=O)[C@@H](N)CCCNC(=N)N)C(N)=O. The van der Waals surface area contributed by atoms with Gasteiger partial charge in [0.15, 0.2) is 47.7 Å². The predicted molar refractivity (Wildman–Crippen MR) is 544 cm³/mol. The molecule has 13 amide bonds. The van der Waals surface area contributed by atoms with Crippen LogP contribution in [0.5, 0.6) is 0 Å². The fraction of sp³-hybridized carbons (Fsp3) is 0.452. The number of amides is 13. The summed E-state index contributed by atoms with van der Waals surface area (Å²) >= 11 is 0. The second-order valence-corrected chi connectivity index (χ2v) is 34.1. The van der Waals surface area contributed by atoms with Crippen molar-refractivity contribution in [3.63, 3.8) is 0 Å². The van der Waals surface area contributed by atoms with E-state index in [1.54, 1.807) is 152 Å². The Morgan fingerprint density at radius 1 is 0.188 bits per heavy atom. The van der Waals surface area contributed by atoms with Gasteiger partial charge >= 0.3 is 0 Å². The van der Waals surface area contributed by atoms with Crippen LogP contribution in [0.1, 0.15) is 131 Å². The molecule has 0 radical (unpaired) electrons. The molecule has 784 valence electrons. The highest BCUT2D eigenvalue weighted by Gasteiger charge is 2.39. The van der Waals surface area contributed by atoms with Gasteiger partial charge in [0.05, 0.1) is 6.04 Å². The first-order chi connectivity index (χ1) is 68.7. The molecular weight excluding hydrogens is 1860 g/mol. The van der Waals surface area contributed by atoms with Crippen LogP contribution in [-0.4, -0.2) is 255 Å². The molecule has 0 aliphatic carbocycles. The maximum absolute atomic E-state index is 15.5. The maximum atomic E-state index is 15.5. The standard InChI is InChI=1S/C93H144N38O13/c94-60(34-16-42-112-86(96)97)74(133)127-68(50-55-24-6-1-7-25-55)82(141)124-65(39-21-47-117-91(106)107)79(138)130-70(52-57-28-10-3-11-29-57)83(142)123-63(37-19-45-115-89(102)103)76(135)121-62(36-18-44-114-88(100)101)75(134)122-64(38-20-46-116-90(104)105)77(136)129-71(53-58-30-12-4-13-31-58)84(143)126-67(41-23-49-119-93(110)111)80(139)131-72(54-59-32-14-5-15-33-59)85(144)125-66(40-22-48-118-92(108)109)78(137)128-69(51-56-26-8-2-9-27-56)81(140)120-61(73(95)132)35-17-43-113-87(98)99/h1-15,24-33,60-72H,16-23,34-54,94H2,(H2,95,132)(H,120,140)(H,121,135)(H,122,134)(H,123,142)(H,124,141)(H,125,144)(H,126,143)(H,127,133)(H,128,137)(H,129,136)(H,130,138)(H,131,139)(H4,96,97,112)(H4,98,99,113)(H4,100,101,114)(H4,102,103,115)(H4,104,105,116)(H4,106,107,117)(H4,108,109,118)(H4,110,111,119)/t60-,61-,62-,63-,64-,65-,66-,67-,68-,69-,70-,71-,72-/m0/s1. The minimum atomic E-state index is -1.64. The van der Waals surface area contributed by atoms with E-state index in [0.29, 0.717) is 34.2 Å². The van der Waals surface area contributed by atoms with Crippen LogP contribution in [0.15, 0.2) is 152 Å². The lowest BCUT2D eigenvalue weighted by Gasteiger charge is -2.29. The van der Waals surface area contributed by atoms with Gasteiger partial charge in [-0.15, -0.1) is 0 Å². The summed E-state index contributed by atoms with van der Waals surface area (Å²) in [5.74, 6) is -15.2. The summed E-state index contributed by atoms with van der Waals surface area (Å²) in [6.45, 7) is 0.240. The molecule has 5 aromatic rings. The second kappa shape index (κ2) is 65.3. The van der Waals surface area contributed by atoms with Gasteiger partial charge in [0.25, 0.3) is 0 Å². The summed E-state index contributed by atoms with van der Waals surface area (Å²) in [5, 5.41) is 116. The summed E-state index contributed by atoms with van der Waals surface area (Å²) in [5.41, 5.74) is 59.6. The molecule has 5 rings (SSSR count). The molecule has 0 aliphatic rings. The van der Waals surface area contributed by atoms with Crippen molar-refractivity contribution in [3.05, 3.63) is 179 Å². The molecule has 0 saturated heterocycles. The molecule has 0 unspecified atom stereocenters. The number of guanidine groups is 8. The van der Waals surface area contributed by atoms with Crippen LogP contribution in [-0.2, 0) is 94.4 Å². The fourth-order valence-electron chi connectivity index (χ4n) is 14.8. The zero-order chi connectivity index (χ0) is 106. The molecule has 5 aromatic carbocycles. The van der Waals surface area contributed by atoms with Crippen LogP contribution < -0.4 is 164 Å². The smallest absolute Gasteiger partial charge is 0.243 e. The monoisotopic (exact) mass is 2000 g/mol. The van der Waals surface area contributed by atoms with Gasteiger partial charge in [-0.2, -0.15) is 0 Å². The molecule has 51 heteroatoms. The molecule has 144 heavy (non-hydrogen) atoms. The van der Waals surface area contributed by atoms with Crippen molar-refractivity contribution in [2.45, 2.75) is 213 Å². The molecule has 0 bridgehead atoms. The van der Waals surface area contributed by atoms with E-state index in [0.717, 1.165) is 0 Å². The van der Waals surface area contributed by atoms with Gasteiger partial charge in [-0.1, -0.05) is 152 Å². The lowest BCUT2D eigenvalue weighted by Crippen LogP contribution is -2.61. The lowest BCUT2D eigenvalue weighted by molar-refractivity contribution is -0.136. The third kappa shape index (κ3) is 48.8. The summed E-state index contributed by atoms with van der Waals surface area (Å²) in [7, 11) is 0. The number of primary amides is 1. The number of carbonyl (C=O) groups is 13. The third-order valence-electron chi connectivity index (χ3n) is 22.3. The Labute approximate surface area is 835 Å². The largest absolute Gasteiger partial charge is 0.370 e. The average Bonchev–Trinajstić information content (AvgIpc) is 0.835. The van der Waals surface area contributed by atoms with Crippen molar-refractivity contribution in [1.29, 1.82) is 43.3 Å². The first-order valence-electron chi connectivity index (χ1n) is 47.3. The van der Waals surface area contributed by atoms with Crippen molar-refractivity contribution in [2.24, 2.45) is 57.3 Å². The van der Waals surface area contributed by atoms with E-state index >= 15 is 38.4 Å². The summed E-state index contributed by atoms with van der Waals surface area (Å²) < 4.78 is 0. The van der Waals surface area contributed by atoms with Gasteiger partial charge in [0.2, 0.25) is 76.8 Å². The zero-order valence-corrected chi connectivity index (χ0v) is 80.5. The Kier molecular flexibility index (Phi) is 53.4. The minimum absolute atomic E-state index is 0.00359. The lowest BCUT2D eigenvalue weighted by atomic mass is 10.0. The molecule has 0 saturated carbocycles. The third-order valence-corrected chi connectivity index (χ3v) is 22.3. The molecule has 0 fully saturated rings. The van der Waals surface area contributed by atoms with Gasteiger partial charge in [0, 0.05) is 84.5 Å². The number of hydrogen-bond donors (Lipinski definition) is 38. The summed E-state index contributed by atoms with van der Waals surface area (Å²) in [6, 6.07) is 22.8. The Morgan fingerprint density at radius 3 is 0.479 bits per heavy atom. The Hall–Kier alpha value is -16.7. The van der Waals surface area contributed by atoms with Crippen molar-refractivity contribution in [2.75, 3.05) is 52.4 Å². The number of benzene rings is 5. The van der Waals surface area contributed by atoms with Crippen molar-refractivity contribution in [3.8, 4) is 0 Å². The maximum Gasteiger partial charge on any atom is 0.243 e. The summed E-state index contributed by atoms with van der Waals surface area (Å²) in [4.78, 5) is 193. The number of carbonyl (C=O) groups excluding carboxylic acids is 13. The van der Waals surface area contributed by atoms with Crippen LogP contribution in [0, 0.1) is 43.3 Å². The van der Waals surface area contributed by atoms with E-state index in [9.17, 15) is 24.0 Å². The van der Waals surface area contributed by atoms with Gasteiger partial charge in [-0.05, 0) is 131 Å². The molecule has 0 spiro atoms. The summed E-state index contributed by atoms with van der Waals surface area (Å²) in [6.07, 6.45) is -1.57. The van der Waals surface area contributed by atoms with Crippen molar-refractivity contribution >= 4 is 124 Å². The molecule has 0 aromatic heterocycles. The Balaban J connectivity index is 1.55. The van der Waals surface area contributed by atoms with E-state index < -0.39 is 191 Å². The molecule has 13 atom stereocenters. The number of rotatable bonds is 67. The van der Waals surface area contributed by atoms with Crippen LogP contribution in [0.25, 0.3) is 0 Å². The number of nitrogens with one attached hydrogen (secondary N) is 28. The number of hydrogen-bond acceptors (Lipinski definition) is 22. The quantitative estimate of drug-likeness (QED) is 0.00977. The van der Waals surface area contributed by atoms with E-state index in [-0.39, 0.29) is 193 Å². The second-order valence-electron chi connectivity index (χ2n) is 34.1. The van der Waals surface area contributed by atoms with Crippen LogP contribution in [0.2, 0.25) is 0 Å². The first-order valence-corrected chi connectivity index (χ1v) is 47.3. The van der Waals surface area contributed by atoms with Crippen molar-refractivity contribution < 1.29 is 62.3 Å². The highest BCUT2D eigenvalue weighted by Crippen LogP contribution is 2.17. The molecule has 0 aliphatic heterocycles. The highest BCUT2D eigenvalue weighted by atomic mass is 16.2. The van der Waals surface area contributed by atoms with Gasteiger partial charge in [-0.25, -0.2) is 0 Å². The first kappa shape index (κ1) is 118. The van der Waals surface area contributed by atoms with Gasteiger partial charge < -0.3 is 164 Å². The Bertz CT molecular complexity index is 5040. The number of nitrogens with two attached hydrogens (primary N) is 10. The van der Waals surface area contributed by atoms with Crippen molar-refractivity contribution in [1.82, 2.24) is 106 Å². The normalized spacial score (nSPS) is 13.5. The average molecular weight is 2000 g/mol. The van der Waals surface area contributed by atoms with E-state index in [4.69, 9.17) is 101 Å². The molecule has 51 nitrogen and oxygen atoms in total. The predicted octanol–water partition coefficient (Wildman–Crippen LogP) is -7.06. The zero-order valence-electron chi connectivity index (χ0n) is 80.5. The topological polar surface area (TPSA) is 914 Å². The van der Waals surface area contributed by atoms with Gasteiger partial charge in [0.1, 0.15) is 72.5 Å². The van der Waals surface area contributed by atoms with Gasteiger partial charge in [-0.3, -0.25) is 106 Å². The molecule has 0 heterocycles. The van der Waals surface area contributed by atoms with E-state index in [1.165, 1.54) is 0 Å². The van der Waals surface area contributed by atoms with E-state index in [2.05, 4.69) is 106 Å². The minimum Gasteiger partial charge on any atom is -0.370 e. The van der Waals surface area contributed by atoms with E-state index in [1.807, 2.05) is 0 Å². The highest BCUT2D eigenvalue weighted by molar-refractivity contribution is 6.01. The van der Waals surface area contributed by atoms with Crippen LogP contribution in [0.3, 0.4) is 0 Å². The van der Waals surface area contributed by atoms with Crippen LogP contribution >= 0.6 is 0 Å². The Morgan fingerprint density at radius 2 is 0.319 bits per heavy atom. The fourth-order valence-corrected chi connectivity index (χ4v) is 14.8. The molecule has 48 N–H and O–H groups in total. The molecular formula is C93H144N38O13. The van der Waals surface area contributed by atoms with Crippen LogP contribution in [0.4, 0.5) is 0 Å².